The molecule has 0 fully saturated rings. The van der Waals surface area contributed by atoms with Crippen molar-refractivity contribution in [3.63, 3.8) is 0 Å². The van der Waals surface area contributed by atoms with E-state index >= 15 is 0 Å². The van der Waals surface area contributed by atoms with E-state index in [4.69, 9.17) is 11.6 Å². The number of nitrogens with zero attached hydrogens (tertiary/aromatic N) is 1. The van der Waals surface area contributed by atoms with Gasteiger partial charge in [0.05, 0.1) is 10.6 Å². The number of pyridine rings is 1. The van der Waals surface area contributed by atoms with E-state index in [1.54, 1.807) is 60.8 Å². The molecule has 2 amide bonds. The molecule has 3 rings (SSSR count). The van der Waals surface area contributed by atoms with Gasteiger partial charge in [-0.1, -0.05) is 30.7 Å². The Hall–Kier alpha value is -3.38. The number of halogens is 1. The minimum atomic E-state index is -0.411. The van der Waals surface area contributed by atoms with Gasteiger partial charge >= 0.3 is 0 Å². The molecule has 7 heteroatoms. The van der Waals surface area contributed by atoms with Crippen LogP contribution in [-0.4, -0.2) is 22.4 Å². The quantitative estimate of drug-likeness (QED) is 0.621. The summed E-state index contributed by atoms with van der Waals surface area (Å²) in [7, 11) is 0. The van der Waals surface area contributed by atoms with Crippen LogP contribution in [0.25, 0.3) is 5.69 Å². The fourth-order valence-electron chi connectivity index (χ4n) is 2.82. The third-order valence-electron chi connectivity index (χ3n) is 4.70. The summed E-state index contributed by atoms with van der Waals surface area (Å²) < 4.78 is 1.39. The molecule has 0 saturated carbocycles. The molecular formula is C23H22ClN3O3. The number of carbonyl (C=O) groups is 2. The van der Waals surface area contributed by atoms with Gasteiger partial charge in [0.1, 0.15) is 5.56 Å². The van der Waals surface area contributed by atoms with Crippen LogP contribution in [-0.2, 0) is 0 Å². The Morgan fingerprint density at radius 3 is 2.30 bits per heavy atom. The van der Waals surface area contributed by atoms with Crippen LogP contribution in [0.15, 0.2) is 71.7 Å². The average Bonchev–Trinajstić information content (AvgIpc) is 2.74. The molecule has 6 nitrogen and oxygen atoms in total. The first-order valence-corrected chi connectivity index (χ1v) is 9.97. The lowest BCUT2D eigenvalue weighted by Crippen LogP contribution is -2.36. The Morgan fingerprint density at radius 2 is 1.63 bits per heavy atom. The number of hydrogen-bond acceptors (Lipinski definition) is 3. The van der Waals surface area contributed by atoms with E-state index in [2.05, 4.69) is 10.6 Å². The highest BCUT2D eigenvalue weighted by Crippen LogP contribution is 2.18. The summed E-state index contributed by atoms with van der Waals surface area (Å²) in [6, 6.07) is 16.7. The molecule has 0 aliphatic heterocycles. The molecule has 0 radical (unpaired) electrons. The van der Waals surface area contributed by atoms with Gasteiger partial charge in [0.15, 0.2) is 0 Å². The zero-order valence-corrected chi connectivity index (χ0v) is 17.4. The molecule has 3 aromatic rings. The molecule has 2 aromatic carbocycles. The Bertz CT molecular complexity index is 1120. The van der Waals surface area contributed by atoms with E-state index in [1.165, 1.54) is 10.6 Å². The molecule has 0 bridgehead atoms. The molecule has 0 saturated heterocycles. The van der Waals surface area contributed by atoms with Crippen molar-refractivity contribution in [3.8, 4) is 5.69 Å². The molecule has 0 spiro atoms. The van der Waals surface area contributed by atoms with Crippen LogP contribution in [0.5, 0.6) is 0 Å². The summed E-state index contributed by atoms with van der Waals surface area (Å²) in [5, 5.41) is 5.95. The molecule has 1 aromatic heterocycles. The topological polar surface area (TPSA) is 80.2 Å². The fraction of sp³-hybridized carbons (Fsp3) is 0.174. The van der Waals surface area contributed by atoms with Crippen LogP contribution in [0.1, 0.15) is 41.0 Å². The summed E-state index contributed by atoms with van der Waals surface area (Å²) in [5.74, 6) is -0.721. The largest absolute Gasteiger partial charge is 0.349 e. The molecule has 30 heavy (non-hydrogen) atoms. The van der Waals surface area contributed by atoms with Gasteiger partial charge in [0, 0.05) is 23.6 Å². The van der Waals surface area contributed by atoms with Crippen molar-refractivity contribution in [1.82, 2.24) is 9.88 Å². The van der Waals surface area contributed by atoms with Crippen LogP contribution in [0.4, 0.5) is 5.69 Å². The van der Waals surface area contributed by atoms with Crippen molar-refractivity contribution in [2.24, 2.45) is 0 Å². The first-order chi connectivity index (χ1) is 14.4. The number of rotatable bonds is 6. The molecule has 154 valence electrons. The highest BCUT2D eigenvalue weighted by molar-refractivity contribution is 6.34. The maximum absolute atomic E-state index is 12.8. The van der Waals surface area contributed by atoms with E-state index in [1.807, 2.05) is 13.8 Å². The Morgan fingerprint density at radius 1 is 0.967 bits per heavy atom. The van der Waals surface area contributed by atoms with Crippen molar-refractivity contribution in [2.45, 2.75) is 26.3 Å². The van der Waals surface area contributed by atoms with E-state index in [-0.39, 0.29) is 17.5 Å². The van der Waals surface area contributed by atoms with Crippen molar-refractivity contribution in [3.05, 3.63) is 93.4 Å². The first-order valence-electron chi connectivity index (χ1n) is 9.59. The second-order valence-corrected chi connectivity index (χ2v) is 7.27. The number of nitrogens with one attached hydrogen (secondary N) is 2. The van der Waals surface area contributed by atoms with Crippen LogP contribution < -0.4 is 16.2 Å². The van der Waals surface area contributed by atoms with E-state index in [0.29, 0.717) is 22.0 Å². The van der Waals surface area contributed by atoms with Gasteiger partial charge in [-0.05, 0) is 61.9 Å². The van der Waals surface area contributed by atoms with Crippen LogP contribution in [0.3, 0.4) is 0 Å². The Balaban J connectivity index is 1.80. The van der Waals surface area contributed by atoms with Gasteiger partial charge in [-0.15, -0.1) is 0 Å². The highest BCUT2D eigenvalue weighted by Gasteiger charge is 2.15. The van der Waals surface area contributed by atoms with Crippen molar-refractivity contribution >= 4 is 29.1 Å². The van der Waals surface area contributed by atoms with Crippen LogP contribution in [0, 0.1) is 0 Å². The zero-order valence-electron chi connectivity index (χ0n) is 16.7. The summed E-state index contributed by atoms with van der Waals surface area (Å²) in [6.45, 7) is 3.84. The molecule has 1 heterocycles. The fourth-order valence-corrected chi connectivity index (χ4v) is 3.04. The number of carbonyl (C=O) groups excluding carboxylic acids is 2. The summed E-state index contributed by atoms with van der Waals surface area (Å²) in [6.07, 6.45) is 2.37. The normalized spacial score (nSPS) is 11.6. The summed E-state index contributed by atoms with van der Waals surface area (Å²) >= 11 is 6.06. The second kappa shape index (κ2) is 9.41. The van der Waals surface area contributed by atoms with Crippen molar-refractivity contribution in [2.75, 3.05) is 5.32 Å². The molecular weight excluding hydrogens is 402 g/mol. The minimum Gasteiger partial charge on any atom is -0.349 e. The number of aromatic nitrogens is 1. The molecule has 0 aliphatic rings. The van der Waals surface area contributed by atoms with Gasteiger partial charge in [-0.3, -0.25) is 19.0 Å². The second-order valence-electron chi connectivity index (χ2n) is 6.86. The maximum atomic E-state index is 12.8. The Labute approximate surface area is 179 Å². The lowest BCUT2D eigenvalue weighted by Gasteiger charge is -2.13. The molecule has 2 N–H and O–H groups in total. The van der Waals surface area contributed by atoms with Gasteiger partial charge < -0.3 is 10.6 Å². The summed E-state index contributed by atoms with van der Waals surface area (Å²) in [5.41, 5.74) is 1.18. The third-order valence-corrected chi connectivity index (χ3v) is 5.03. The smallest absolute Gasteiger partial charge is 0.267 e. The standard InChI is InChI=1S/C23H22ClN3O3/c1-3-15(2)25-22(29)19-8-6-14-27(23(19)30)17-12-10-16(11-13-17)26-21(28)18-7-4-5-9-20(18)24/h4-15H,3H2,1-2H3,(H,25,29)(H,26,28). The van der Waals surface area contributed by atoms with E-state index in [0.717, 1.165) is 6.42 Å². The van der Waals surface area contributed by atoms with E-state index < -0.39 is 11.5 Å². The predicted molar refractivity (Wildman–Crippen MR) is 119 cm³/mol. The lowest BCUT2D eigenvalue weighted by atomic mass is 10.2. The van der Waals surface area contributed by atoms with Crippen LogP contribution >= 0.6 is 11.6 Å². The van der Waals surface area contributed by atoms with Gasteiger partial charge in [-0.25, -0.2) is 0 Å². The summed E-state index contributed by atoms with van der Waals surface area (Å²) in [4.78, 5) is 37.5. The van der Waals surface area contributed by atoms with Crippen LogP contribution in [0.2, 0.25) is 5.02 Å². The van der Waals surface area contributed by atoms with Gasteiger partial charge in [-0.2, -0.15) is 0 Å². The number of hydrogen-bond donors (Lipinski definition) is 2. The molecule has 1 unspecified atom stereocenters. The van der Waals surface area contributed by atoms with E-state index in [9.17, 15) is 14.4 Å². The average molecular weight is 424 g/mol. The van der Waals surface area contributed by atoms with Gasteiger partial charge in [0.2, 0.25) is 0 Å². The SMILES string of the molecule is CCC(C)NC(=O)c1cccn(-c2ccc(NC(=O)c3ccccc3Cl)cc2)c1=O. The molecule has 0 aliphatic carbocycles. The van der Waals surface area contributed by atoms with Crippen molar-refractivity contribution in [1.29, 1.82) is 0 Å². The minimum absolute atomic E-state index is 0.0217. The number of amides is 2. The zero-order chi connectivity index (χ0) is 21.7. The Kier molecular flexibility index (Phi) is 6.69. The number of anilines is 1. The highest BCUT2D eigenvalue weighted by atomic mass is 35.5. The first kappa shape index (κ1) is 21.3. The number of benzene rings is 2. The van der Waals surface area contributed by atoms with Gasteiger partial charge in [0.25, 0.3) is 17.4 Å². The van der Waals surface area contributed by atoms with Crippen molar-refractivity contribution < 1.29 is 9.59 Å². The monoisotopic (exact) mass is 423 g/mol. The maximum Gasteiger partial charge on any atom is 0.267 e. The predicted octanol–water partition coefficient (Wildman–Crippen LogP) is 4.27. The molecule has 1 atom stereocenters. The lowest BCUT2D eigenvalue weighted by molar-refractivity contribution is 0.0936. The third kappa shape index (κ3) is 4.78.